The second kappa shape index (κ2) is 13.8. The van der Waals surface area contributed by atoms with Crippen LogP contribution >= 0.6 is 0 Å². The molecule has 0 spiro atoms. The molecule has 0 saturated heterocycles. The maximum atomic E-state index is 12.3. The molecule has 0 bridgehead atoms. The first-order valence-corrected chi connectivity index (χ1v) is 16.6. The highest BCUT2D eigenvalue weighted by molar-refractivity contribution is 7.91. The third-order valence-corrected chi connectivity index (χ3v) is 7.87. The minimum Gasteiger partial charge on any atom is -0.367 e. The van der Waals surface area contributed by atoms with Crippen LogP contribution in [0.5, 0.6) is 0 Å². The molecule has 0 unspecified atom stereocenters. The predicted octanol–water partition coefficient (Wildman–Crippen LogP) is 1.45. The van der Waals surface area contributed by atoms with E-state index in [1.165, 1.54) is 29.2 Å². The first-order chi connectivity index (χ1) is 18.3. The summed E-state index contributed by atoms with van der Waals surface area (Å²) in [6.45, 7) is -0.298. The second-order valence-corrected chi connectivity index (χ2v) is 13.1. The molecule has 17 nitrogen and oxygen atoms in total. The molecular formula is C19H25N3O14S4. The molecule has 3 N–H and O–H groups in total. The number of hydrogen-bond donors (Lipinski definition) is 3. The fraction of sp³-hybridized carbons (Fsp3) is 0.368. The van der Waals surface area contributed by atoms with E-state index in [1.54, 1.807) is 25.1 Å². The lowest BCUT2D eigenvalue weighted by Crippen LogP contribution is -2.32. The van der Waals surface area contributed by atoms with Gasteiger partial charge in [0, 0.05) is 18.8 Å². The highest BCUT2D eigenvalue weighted by Crippen LogP contribution is 2.27. The van der Waals surface area contributed by atoms with Crippen molar-refractivity contribution in [1.29, 1.82) is 0 Å². The molecule has 0 heterocycles. The number of hydrogen-bond acceptors (Lipinski definition) is 14. The van der Waals surface area contributed by atoms with Gasteiger partial charge < -0.3 is 4.90 Å². The average molecular weight is 648 g/mol. The van der Waals surface area contributed by atoms with Gasteiger partial charge in [-0.1, -0.05) is 0 Å². The standard InChI is InChI=1S/C19H25N3O14S4/c1-15-14-17(22(8-10-34-38(25,26)27)9-11-35-39(28,29)30)4-7-19(15)21-20-16-2-5-18(6-3-16)37(23,24)13-12-36-40(31,32)33/h2-7,14H,8-13H2,1H3,(H,25,26,27)(H,28,29,30)(H,31,32,33)/b21-20+. The van der Waals surface area contributed by atoms with Crippen molar-refractivity contribution >= 4 is 58.1 Å². The van der Waals surface area contributed by atoms with Crippen molar-refractivity contribution in [3.63, 3.8) is 0 Å². The third-order valence-electron chi connectivity index (χ3n) is 4.79. The van der Waals surface area contributed by atoms with Gasteiger partial charge in [0.1, 0.15) is 0 Å². The van der Waals surface area contributed by atoms with Crippen molar-refractivity contribution in [3.8, 4) is 0 Å². The summed E-state index contributed by atoms with van der Waals surface area (Å²) in [7, 11) is -18.1. The van der Waals surface area contributed by atoms with Crippen LogP contribution in [-0.4, -0.2) is 86.0 Å². The van der Waals surface area contributed by atoms with Gasteiger partial charge in [-0.2, -0.15) is 35.5 Å². The summed E-state index contributed by atoms with van der Waals surface area (Å²) in [6.07, 6.45) is 0. The Morgan fingerprint density at radius 1 is 0.700 bits per heavy atom. The normalized spacial score (nSPS) is 13.1. The quantitative estimate of drug-likeness (QED) is 0.172. The zero-order chi connectivity index (χ0) is 30.2. The van der Waals surface area contributed by atoms with Crippen LogP contribution in [0.25, 0.3) is 0 Å². The SMILES string of the molecule is Cc1cc(N(CCOS(=O)(=O)O)CCOS(=O)(=O)O)ccc1/N=N/c1ccc(S(=O)(=O)CCOS(=O)(=O)O)cc1. The van der Waals surface area contributed by atoms with Crippen LogP contribution < -0.4 is 4.90 Å². The Bertz CT molecular complexity index is 1590. The van der Waals surface area contributed by atoms with E-state index in [2.05, 4.69) is 22.8 Å². The van der Waals surface area contributed by atoms with Gasteiger partial charge in [0.05, 0.1) is 41.8 Å². The molecule has 0 amide bonds. The zero-order valence-corrected chi connectivity index (χ0v) is 23.9. The van der Waals surface area contributed by atoms with E-state index in [0.717, 1.165) is 0 Å². The summed E-state index contributed by atoms with van der Waals surface area (Å²) >= 11 is 0. The van der Waals surface area contributed by atoms with Gasteiger partial charge >= 0.3 is 31.2 Å². The molecule has 0 aliphatic carbocycles. The molecule has 0 atom stereocenters. The Hall–Kier alpha value is -2.60. The molecule has 2 aromatic carbocycles. The van der Waals surface area contributed by atoms with Crippen molar-refractivity contribution < 1.29 is 59.9 Å². The van der Waals surface area contributed by atoms with Crippen molar-refractivity contribution in [2.24, 2.45) is 10.2 Å². The summed E-state index contributed by atoms with van der Waals surface area (Å²) in [5.41, 5.74) is 1.71. The van der Waals surface area contributed by atoms with Crippen molar-refractivity contribution in [3.05, 3.63) is 48.0 Å². The highest BCUT2D eigenvalue weighted by atomic mass is 32.3. The van der Waals surface area contributed by atoms with Gasteiger partial charge in [0.2, 0.25) is 0 Å². The number of benzene rings is 2. The number of rotatable bonds is 16. The smallest absolute Gasteiger partial charge is 0.367 e. The van der Waals surface area contributed by atoms with E-state index in [4.69, 9.17) is 13.7 Å². The lowest BCUT2D eigenvalue weighted by Gasteiger charge is -2.24. The summed E-state index contributed by atoms with van der Waals surface area (Å²) in [6, 6.07) is 9.88. The topological polar surface area (TPSA) is 253 Å². The fourth-order valence-corrected chi connectivity index (χ4v) is 5.08. The second-order valence-electron chi connectivity index (χ2n) is 7.72. The Labute approximate surface area is 231 Å². The molecule has 0 saturated carbocycles. The van der Waals surface area contributed by atoms with Crippen LogP contribution in [0.2, 0.25) is 0 Å². The van der Waals surface area contributed by atoms with E-state index in [1.807, 2.05) is 0 Å². The number of nitrogens with zero attached hydrogens (tertiary/aromatic N) is 3. The van der Waals surface area contributed by atoms with E-state index in [0.29, 0.717) is 16.9 Å². The summed E-state index contributed by atoms with van der Waals surface area (Å²) in [5, 5.41) is 8.14. The molecule has 0 aromatic heterocycles. The molecule has 0 aliphatic heterocycles. The first-order valence-electron chi connectivity index (χ1n) is 10.8. The van der Waals surface area contributed by atoms with E-state index in [9.17, 15) is 33.7 Å². The first kappa shape index (κ1) is 33.6. The lowest BCUT2D eigenvalue weighted by molar-refractivity contribution is 0.261. The largest absolute Gasteiger partial charge is 0.397 e. The molecular weight excluding hydrogens is 622 g/mol. The van der Waals surface area contributed by atoms with Crippen LogP contribution in [0.15, 0.2) is 57.6 Å². The Kier molecular flexibility index (Phi) is 11.6. The molecule has 0 aliphatic rings. The van der Waals surface area contributed by atoms with Crippen LogP contribution in [0.1, 0.15) is 5.56 Å². The van der Waals surface area contributed by atoms with Gasteiger partial charge in [-0.25, -0.2) is 21.0 Å². The predicted molar refractivity (Wildman–Crippen MR) is 139 cm³/mol. The maximum absolute atomic E-state index is 12.3. The molecule has 0 fully saturated rings. The lowest BCUT2D eigenvalue weighted by atomic mass is 10.1. The molecule has 2 aromatic rings. The van der Waals surface area contributed by atoms with E-state index >= 15 is 0 Å². The summed E-state index contributed by atoms with van der Waals surface area (Å²) in [4.78, 5) is 1.33. The minimum atomic E-state index is -4.77. The van der Waals surface area contributed by atoms with Crippen molar-refractivity contribution in [2.75, 3.05) is 43.6 Å². The summed E-state index contributed by atoms with van der Waals surface area (Å²) in [5.74, 6) is -0.694. The fourth-order valence-electron chi connectivity index (χ4n) is 3.02. The Morgan fingerprint density at radius 3 is 1.68 bits per heavy atom. The number of sulfone groups is 1. The number of aryl methyl sites for hydroxylation is 1. The van der Waals surface area contributed by atoms with Gasteiger partial charge in [-0.05, 0) is 55.0 Å². The van der Waals surface area contributed by atoms with Gasteiger partial charge in [0.15, 0.2) is 9.84 Å². The average Bonchev–Trinajstić information content (AvgIpc) is 2.80. The van der Waals surface area contributed by atoms with E-state index < -0.39 is 66.6 Å². The number of azo groups is 1. The van der Waals surface area contributed by atoms with Gasteiger partial charge in [-0.3, -0.25) is 13.7 Å². The van der Waals surface area contributed by atoms with Crippen LogP contribution in [0.3, 0.4) is 0 Å². The molecule has 224 valence electrons. The third kappa shape index (κ3) is 12.7. The molecule has 21 heteroatoms. The van der Waals surface area contributed by atoms with Gasteiger partial charge in [-0.15, -0.1) is 0 Å². The zero-order valence-electron chi connectivity index (χ0n) is 20.6. The maximum Gasteiger partial charge on any atom is 0.397 e. The summed E-state index contributed by atoms with van der Waals surface area (Å²) < 4.78 is 128. The molecule has 0 radical (unpaired) electrons. The van der Waals surface area contributed by atoms with E-state index in [-0.39, 0.29) is 23.7 Å². The van der Waals surface area contributed by atoms with Crippen molar-refractivity contribution in [2.45, 2.75) is 11.8 Å². The van der Waals surface area contributed by atoms with Crippen LogP contribution in [-0.2, 0) is 53.6 Å². The van der Waals surface area contributed by atoms with Crippen LogP contribution in [0, 0.1) is 6.92 Å². The minimum absolute atomic E-state index is 0.119. The monoisotopic (exact) mass is 647 g/mol. The van der Waals surface area contributed by atoms with Gasteiger partial charge in [0.25, 0.3) is 0 Å². The number of anilines is 1. The Morgan fingerprint density at radius 2 is 1.20 bits per heavy atom. The van der Waals surface area contributed by atoms with Crippen molar-refractivity contribution in [1.82, 2.24) is 0 Å². The molecule has 40 heavy (non-hydrogen) atoms. The van der Waals surface area contributed by atoms with Crippen LogP contribution in [0.4, 0.5) is 17.1 Å². The molecule has 2 rings (SSSR count). The Balaban J connectivity index is 2.13. The highest BCUT2D eigenvalue weighted by Gasteiger charge is 2.17.